The van der Waals surface area contributed by atoms with Crippen molar-refractivity contribution < 1.29 is 5.11 Å². The van der Waals surface area contributed by atoms with Crippen molar-refractivity contribution in [3.8, 4) is 0 Å². The molecule has 0 saturated heterocycles. The molecule has 2 N–H and O–H groups in total. The van der Waals surface area contributed by atoms with Crippen LogP contribution in [-0.2, 0) is 0 Å². The molecule has 3 atom stereocenters. The highest BCUT2D eigenvalue weighted by molar-refractivity contribution is 4.85. The third-order valence-corrected chi connectivity index (χ3v) is 3.76. The van der Waals surface area contributed by atoms with Crippen LogP contribution < -0.4 is 5.32 Å². The summed E-state index contributed by atoms with van der Waals surface area (Å²) < 4.78 is 0. The highest BCUT2D eigenvalue weighted by Crippen LogP contribution is 2.33. The molecule has 0 bridgehead atoms. The van der Waals surface area contributed by atoms with E-state index in [0.717, 1.165) is 30.7 Å². The van der Waals surface area contributed by atoms with Gasteiger partial charge in [-0.2, -0.15) is 0 Å². The van der Waals surface area contributed by atoms with Crippen LogP contribution in [0, 0.1) is 17.8 Å². The summed E-state index contributed by atoms with van der Waals surface area (Å²) in [6.07, 6.45) is 4.96. The second kappa shape index (κ2) is 6.49. The van der Waals surface area contributed by atoms with Crippen LogP contribution >= 0.6 is 0 Å². The van der Waals surface area contributed by atoms with E-state index in [0.29, 0.717) is 12.6 Å². The first kappa shape index (κ1) is 13.0. The maximum atomic E-state index is 8.78. The Morgan fingerprint density at radius 3 is 2.67 bits per heavy atom. The summed E-state index contributed by atoms with van der Waals surface area (Å²) >= 11 is 0. The van der Waals surface area contributed by atoms with Gasteiger partial charge < -0.3 is 10.4 Å². The van der Waals surface area contributed by atoms with Gasteiger partial charge in [0.2, 0.25) is 0 Å². The van der Waals surface area contributed by atoms with E-state index in [1.165, 1.54) is 19.3 Å². The Morgan fingerprint density at radius 2 is 2.07 bits per heavy atom. The van der Waals surface area contributed by atoms with Crippen LogP contribution in [0.2, 0.25) is 0 Å². The molecule has 0 aromatic rings. The molecule has 0 heterocycles. The van der Waals surface area contributed by atoms with E-state index in [1.807, 2.05) is 0 Å². The Labute approximate surface area is 94.5 Å². The summed E-state index contributed by atoms with van der Waals surface area (Å²) in [5, 5.41) is 12.4. The van der Waals surface area contributed by atoms with Gasteiger partial charge in [-0.1, -0.05) is 27.2 Å². The van der Waals surface area contributed by atoms with Crippen LogP contribution in [0.25, 0.3) is 0 Å². The smallest absolute Gasteiger partial charge is 0.0443 e. The maximum absolute atomic E-state index is 8.78. The third-order valence-electron chi connectivity index (χ3n) is 3.76. The van der Waals surface area contributed by atoms with Crippen LogP contribution in [0.5, 0.6) is 0 Å². The van der Waals surface area contributed by atoms with Crippen molar-refractivity contribution in [1.29, 1.82) is 0 Å². The molecule has 0 radical (unpaired) electrons. The molecular formula is C13H27NO. The minimum Gasteiger partial charge on any atom is -0.396 e. The number of nitrogens with one attached hydrogen (secondary N) is 1. The van der Waals surface area contributed by atoms with Crippen molar-refractivity contribution in [2.75, 3.05) is 13.2 Å². The lowest BCUT2D eigenvalue weighted by Gasteiger charge is -2.38. The molecule has 1 aliphatic rings. The molecule has 1 saturated carbocycles. The minimum absolute atomic E-state index is 0.307. The Balaban J connectivity index is 2.39. The first-order valence-electron chi connectivity index (χ1n) is 6.49. The Hall–Kier alpha value is -0.0800. The summed E-state index contributed by atoms with van der Waals surface area (Å²) in [5.74, 6) is 2.48. The number of rotatable bonds is 5. The van der Waals surface area contributed by atoms with Gasteiger partial charge in [-0.25, -0.2) is 0 Å². The molecule has 1 fully saturated rings. The van der Waals surface area contributed by atoms with Crippen molar-refractivity contribution in [3.05, 3.63) is 0 Å². The molecule has 0 aromatic heterocycles. The van der Waals surface area contributed by atoms with E-state index < -0.39 is 0 Å². The standard InChI is InChI=1S/C13H27NO/c1-10(2)12-6-5-11(3)9-13(12)14-7-4-8-15/h10-15H,4-9H2,1-3H3/t11-,12+,13-/m1/s1. The van der Waals surface area contributed by atoms with Gasteiger partial charge in [0.1, 0.15) is 0 Å². The van der Waals surface area contributed by atoms with E-state index in [4.69, 9.17) is 5.11 Å². The molecule has 0 amide bonds. The third kappa shape index (κ3) is 4.12. The largest absolute Gasteiger partial charge is 0.396 e. The van der Waals surface area contributed by atoms with Gasteiger partial charge in [-0.15, -0.1) is 0 Å². The molecular weight excluding hydrogens is 186 g/mol. The highest BCUT2D eigenvalue weighted by atomic mass is 16.3. The second-order valence-corrected chi connectivity index (χ2v) is 5.46. The first-order valence-corrected chi connectivity index (χ1v) is 6.49. The van der Waals surface area contributed by atoms with Crippen molar-refractivity contribution >= 4 is 0 Å². The molecule has 2 nitrogen and oxygen atoms in total. The topological polar surface area (TPSA) is 32.3 Å². The zero-order valence-corrected chi connectivity index (χ0v) is 10.5. The van der Waals surface area contributed by atoms with Gasteiger partial charge in [-0.05, 0) is 43.6 Å². The fraction of sp³-hybridized carbons (Fsp3) is 1.00. The molecule has 1 aliphatic carbocycles. The monoisotopic (exact) mass is 213 g/mol. The average Bonchev–Trinajstić information content (AvgIpc) is 2.18. The lowest BCUT2D eigenvalue weighted by molar-refractivity contribution is 0.167. The molecule has 0 aromatic carbocycles. The van der Waals surface area contributed by atoms with Crippen LogP contribution in [0.4, 0.5) is 0 Å². The van der Waals surface area contributed by atoms with Gasteiger partial charge in [0.25, 0.3) is 0 Å². The van der Waals surface area contributed by atoms with Gasteiger partial charge in [0.15, 0.2) is 0 Å². The van der Waals surface area contributed by atoms with E-state index in [1.54, 1.807) is 0 Å². The zero-order chi connectivity index (χ0) is 11.3. The summed E-state index contributed by atoms with van der Waals surface area (Å²) in [4.78, 5) is 0. The molecule has 15 heavy (non-hydrogen) atoms. The number of hydrogen-bond acceptors (Lipinski definition) is 2. The zero-order valence-electron chi connectivity index (χ0n) is 10.5. The lowest BCUT2D eigenvalue weighted by Crippen LogP contribution is -2.43. The molecule has 1 rings (SSSR count). The van der Waals surface area contributed by atoms with Crippen LogP contribution in [0.3, 0.4) is 0 Å². The summed E-state index contributed by atoms with van der Waals surface area (Å²) in [6.45, 7) is 8.30. The summed E-state index contributed by atoms with van der Waals surface area (Å²) in [6, 6.07) is 0.681. The van der Waals surface area contributed by atoms with Crippen LogP contribution in [-0.4, -0.2) is 24.3 Å². The van der Waals surface area contributed by atoms with Crippen molar-refractivity contribution in [2.45, 2.75) is 52.5 Å². The molecule has 2 heteroatoms. The van der Waals surface area contributed by atoms with Gasteiger partial charge in [0, 0.05) is 12.6 Å². The average molecular weight is 213 g/mol. The van der Waals surface area contributed by atoms with E-state index in [2.05, 4.69) is 26.1 Å². The van der Waals surface area contributed by atoms with Crippen LogP contribution in [0.1, 0.15) is 46.5 Å². The fourth-order valence-corrected chi connectivity index (χ4v) is 2.80. The quantitative estimate of drug-likeness (QED) is 0.687. The SMILES string of the molecule is CC(C)[C@@H]1CC[C@@H](C)C[C@H]1NCCCO. The predicted molar refractivity (Wildman–Crippen MR) is 64.8 cm³/mol. The fourth-order valence-electron chi connectivity index (χ4n) is 2.80. The predicted octanol–water partition coefficient (Wildman–Crippen LogP) is 2.42. The summed E-state index contributed by atoms with van der Waals surface area (Å²) in [7, 11) is 0. The van der Waals surface area contributed by atoms with Crippen molar-refractivity contribution in [2.24, 2.45) is 17.8 Å². The van der Waals surface area contributed by atoms with Gasteiger partial charge >= 0.3 is 0 Å². The molecule has 0 spiro atoms. The van der Waals surface area contributed by atoms with Gasteiger partial charge in [-0.3, -0.25) is 0 Å². The maximum Gasteiger partial charge on any atom is 0.0443 e. The lowest BCUT2D eigenvalue weighted by atomic mass is 9.74. The minimum atomic E-state index is 0.307. The Morgan fingerprint density at radius 1 is 1.33 bits per heavy atom. The Kier molecular flexibility index (Phi) is 5.62. The van der Waals surface area contributed by atoms with Crippen LogP contribution in [0.15, 0.2) is 0 Å². The first-order chi connectivity index (χ1) is 7.15. The van der Waals surface area contributed by atoms with E-state index >= 15 is 0 Å². The molecule has 0 unspecified atom stereocenters. The second-order valence-electron chi connectivity index (χ2n) is 5.46. The molecule has 0 aliphatic heterocycles. The van der Waals surface area contributed by atoms with Crippen molar-refractivity contribution in [3.63, 3.8) is 0 Å². The normalized spacial score (nSPS) is 32.2. The molecule has 90 valence electrons. The van der Waals surface area contributed by atoms with Gasteiger partial charge in [0.05, 0.1) is 0 Å². The van der Waals surface area contributed by atoms with E-state index in [-0.39, 0.29) is 0 Å². The number of hydrogen-bond donors (Lipinski definition) is 2. The number of aliphatic hydroxyl groups excluding tert-OH is 1. The highest BCUT2D eigenvalue weighted by Gasteiger charge is 2.29. The number of aliphatic hydroxyl groups is 1. The van der Waals surface area contributed by atoms with Crippen molar-refractivity contribution in [1.82, 2.24) is 5.32 Å². The Bertz CT molecular complexity index is 170. The summed E-state index contributed by atoms with van der Waals surface area (Å²) in [5.41, 5.74) is 0. The van der Waals surface area contributed by atoms with E-state index in [9.17, 15) is 0 Å².